The number of nitrogens with zero attached hydrogens (tertiary/aromatic N) is 1. The molecule has 7 heteroatoms. The summed E-state index contributed by atoms with van der Waals surface area (Å²) < 4.78 is 15.7. The Hall–Kier alpha value is -2.28. The minimum Gasteiger partial charge on any atom is -0.481 e. The van der Waals surface area contributed by atoms with Crippen LogP contribution in [0.5, 0.6) is 11.5 Å². The van der Waals surface area contributed by atoms with Crippen molar-refractivity contribution >= 4 is 11.9 Å². The number of carboxylic acids is 1. The van der Waals surface area contributed by atoms with Crippen LogP contribution in [0.1, 0.15) is 18.4 Å². The van der Waals surface area contributed by atoms with Gasteiger partial charge in [-0.1, -0.05) is 6.07 Å². The number of amides is 1. The molecule has 0 bridgehead atoms. The van der Waals surface area contributed by atoms with Crippen molar-refractivity contribution in [2.45, 2.75) is 19.3 Å². The number of ether oxygens (including phenoxy) is 3. The van der Waals surface area contributed by atoms with Gasteiger partial charge in [0.25, 0.3) is 0 Å². The second-order valence-corrected chi connectivity index (χ2v) is 6.30. The number of hydrogen-bond acceptors (Lipinski definition) is 5. The predicted molar refractivity (Wildman–Crippen MR) is 84.0 cm³/mol. The normalized spacial score (nSPS) is 22.5. The number of piperidine rings is 1. The molecule has 1 saturated heterocycles. The Bertz CT molecular complexity index is 642. The maximum absolute atomic E-state index is 12.6. The van der Waals surface area contributed by atoms with Gasteiger partial charge in [-0.05, 0) is 30.5 Å². The first-order valence-electron chi connectivity index (χ1n) is 7.93. The number of fused-ring (bicyclic) bond motifs is 1. The molecule has 1 unspecified atom stereocenters. The van der Waals surface area contributed by atoms with Crippen molar-refractivity contribution in [3.05, 3.63) is 23.8 Å². The molecule has 0 radical (unpaired) electrons. The summed E-state index contributed by atoms with van der Waals surface area (Å²) in [6.45, 7) is 1.05. The molecule has 24 heavy (non-hydrogen) atoms. The van der Waals surface area contributed by atoms with Crippen molar-refractivity contribution < 1.29 is 28.9 Å². The van der Waals surface area contributed by atoms with Gasteiger partial charge in [0.2, 0.25) is 12.7 Å². The third-order valence-corrected chi connectivity index (χ3v) is 4.60. The van der Waals surface area contributed by atoms with Gasteiger partial charge in [-0.25, -0.2) is 0 Å². The third kappa shape index (κ3) is 3.17. The zero-order valence-electron chi connectivity index (χ0n) is 13.6. The van der Waals surface area contributed by atoms with Gasteiger partial charge in [-0.3, -0.25) is 9.59 Å². The number of carboxylic acid groups (broad SMARTS) is 1. The molecule has 2 heterocycles. The topological polar surface area (TPSA) is 85.3 Å². The van der Waals surface area contributed by atoms with Crippen LogP contribution in [0.4, 0.5) is 0 Å². The minimum absolute atomic E-state index is 0.0877. The first-order valence-corrected chi connectivity index (χ1v) is 7.93. The molecular formula is C17H21NO6. The van der Waals surface area contributed by atoms with Crippen LogP contribution in [-0.4, -0.2) is 55.5 Å². The lowest BCUT2D eigenvalue weighted by Gasteiger charge is -2.39. The van der Waals surface area contributed by atoms with Gasteiger partial charge in [0.1, 0.15) is 5.41 Å². The standard InChI is InChI=1S/C17H21NO6/c1-22-10-17(16(20)21)5-2-6-18(9-17)15(19)8-12-3-4-13-14(7-12)24-11-23-13/h3-4,7H,2,5-6,8-11H2,1H3,(H,20,21). The Morgan fingerprint density at radius 3 is 2.88 bits per heavy atom. The van der Waals surface area contributed by atoms with E-state index >= 15 is 0 Å². The summed E-state index contributed by atoms with van der Waals surface area (Å²) in [7, 11) is 1.48. The lowest BCUT2D eigenvalue weighted by Crippen LogP contribution is -2.52. The van der Waals surface area contributed by atoms with Crippen molar-refractivity contribution in [3.63, 3.8) is 0 Å². The summed E-state index contributed by atoms with van der Waals surface area (Å²) in [6, 6.07) is 5.41. The van der Waals surface area contributed by atoms with Gasteiger partial charge in [0.05, 0.1) is 13.0 Å². The van der Waals surface area contributed by atoms with Crippen LogP contribution in [0.2, 0.25) is 0 Å². The molecule has 130 valence electrons. The molecule has 7 nitrogen and oxygen atoms in total. The Morgan fingerprint density at radius 2 is 2.12 bits per heavy atom. The molecule has 1 fully saturated rings. The molecule has 1 N–H and O–H groups in total. The number of benzene rings is 1. The van der Waals surface area contributed by atoms with E-state index in [0.717, 1.165) is 5.56 Å². The fourth-order valence-corrected chi connectivity index (χ4v) is 3.31. The second kappa shape index (κ2) is 6.68. The number of methoxy groups -OCH3 is 1. The van der Waals surface area contributed by atoms with E-state index in [1.807, 2.05) is 6.07 Å². The Morgan fingerprint density at radius 1 is 1.33 bits per heavy atom. The van der Waals surface area contributed by atoms with Crippen LogP contribution in [0.3, 0.4) is 0 Å². The average Bonchev–Trinajstić information content (AvgIpc) is 3.03. The minimum atomic E-state index is -1.02. The summed E-state index contributed by atoms with van der Waals surface area (Å²) in [4.78, 5) is 25.9. The average molecular weight is 335 g/mol. The lowest BCUT2D eigenvalue weighted by atomic mass is 9.80. The van der Waals surface area contributed by atoms with E-state index in [4.69, 9.17) is 14.2 Å². The van der Waals surface area contributed by atoms with Gasteiger partial charge in [0, 0.05) is 20.2 Å². The van der Waals surface area contributed by atoms with Gasteiger partial charge >= 0.3 is 5.97 Å². The summed E-state index contributed by atoms with van der Waals surface area (Å²) >= 11 is 0. The SMILES string of the molecule is COCC1(C(=O)O)CCCN(C(=O)Cc2ccc3c(c2)OCO3)C1. The van der Waals surface area contributed by atoms with Crippen molar-refractivity contribution in [1.82, 2.24) is 4.90 Å². The van der Waals surface area contributed by atoms with E-state index < -0.39 is 11.4 Å². The monoisotopic (exact) mass is 335 g/mol. The van der Waals surface area contributed by atoms with E-state index in [2.05, 4.69) is 0 Å². The number of carbonyl (C=O) groups is 2. The Kier molecular flexibility index (Phi) is 4.62. The maximum atomic E-state index is 12.6. The zero-order chi connectivity index (χ0) is 17.2. The van der Waals surface area contributed by atoms with Gasteiger partial charge < -0.3 is 24.2 Å². The smallest absolute Gasteiger partial charge is 0.313 e. The fraction of sp³-hybridized carbons (Fsp3) is 0.529. The highest BCUT2D eigenvalue weighted by Crippen LogP contribution is 2.34. The van der Waals surface area contributed by atoms with Crippen molar-refractivity contribution in [2.24, 2.45) is 5.41 Å². The largest absolute Gasteiger partial charge is 0.481 e. The summed E-state index contributed by atoms with van der Waals surface area (Å²) in [6.07, 6.45) is 1.38. The van der Waals surface area contributed by atoms with Crippen LogP contribution in [0.25, 0.3) is 0 Å². The zero-order valence-corrected chi connectivity index (χ0v) is 13.6. The molecule has 1 atom stereocenters. The lowest BCUT2D eigenvalue weighted by molar-refractivity contribution is -0.159. The van der Waals surface area contributed by atoms with Crippen LogP contribution >= 0.6 is 0 Å². The number of carbonyl (C=O) groups excluding carboxylic acids is 1. The quantitative estimate of drug-likeness (QED) is 0.873. The molecule has 0 saturated carbocycles. The van der Waals surface area contributed by atoms with Crippen molar-refractivity contribution in [3.8, 4) is 11.5 Å². The van der Waals surface area contributed by atoms with Gasteiger partial charge in [-0.2, -0.15) is 0 Å². The Labute approximate surface area is 140 Å². The molecule has 1 amide bonds. The van der Waals surface area contributed by atoms with E-state index in [0.29, 0.717) is 30.9 Å². The fourth-order valence-electron chi connectivity index (χ4n) is 3.31. The second-order valence-electron chi connectivity index (χ2n) is 6.30. The van der Waals surface area contributed by atoms with Crippen molar-refractivity contribution in [1.29, 1.82) is 0 Å². The summed E-state index contributed by atoms with van der Waals surface area (Å²) in [5.41, 5.74) is -0.195. The van der Waals surface area contributed by atoms with Crippen LogP contribution in [0, 0.1) is 5.41 Å². The van der Waals surface area contributed by atoms with Gasteiger partial charge in [-0.15, -0.1) is 0 Å². The third-order valence-electron chi connectivity index (χ3n) is 4.60. The number of aliphatic carboxylic acids is 1. The summed E-state index contributed by atoms with van der Waals surface area (Å²) in [5.74, 6) is 0.313. The van der Waals surface area contributed by atoms with Crippen LogP contribution in [-0.2, 0) is 20.7 Å². The molecule has 3 rings (SSSR count). The molecule has 2 aliphatic heterocycles. The van der Waals surface area contributed by atoms with Crippen LogP contribution < -0.4 is 9.47 Å². The highest BCUT2D eigenvalue weighted by atomic mass is 16.7. The molecule has 1 aromatic carbocycles. The first-order chi connectivity index (χ1) is 11.5. The molecule has 0 aliphatic carbocycles. The highest BCUT2D eigenvalue weighted by Gasteiger charge is 2.43. The van der Waals surface area contributed by atoms with Crippen LogP contribution in [0.15, 0.2) is 18.2 Å². The van der Waals surface area contributed by atoms with E-state index in [1.165, 1.54) is 7.11 Å². The molecular weight excluding hydrogens is 314 g/mol. The van der Waals surface area contributed by atoms with Gasteiger partial charge in [0.15, 0.2) is 11.5 Å². The van der Waals surface area contributed by atoms with Crippen molar-refractivity contribution in [2.75, 3.05) is 33.6 Å². The Balaban J connectivity index is 1.69. The molecule has 2 aliphatic rings. The number of hydrogen-bond donors (Lipinski definition) is 1. The van der Waals surface area contributed by atoms with E-state index in [1.54, 1.807) is 17.0 Å². The molecule has 1 aromatic rings. The van der Waals surface area contributed by atoms with E-state index in [9.17, 15) is 14.7 Å². The van der Waals surface area contributed by atoms with E-state index in [-0.39, 0.29) is 32.3 Å². The number of rotatable bonds is 5. The predicted octanol–water partition coefficient (Wildman–Crippen LogP) is 1.30. The molecule has 0 aromatic heterocycles. The summed E-state index contributed by atoms with van der Waals surface area (Å²) in [5, 5.41) is 9.57. The number of likely N-dealkylation sites (tertiary alicyclic amines) is 1. The first kappa shape index (κ1) is 16.6. The maximum Gasteiger partial charge on any atom is 0.313 e. The molecule has 0 spiro atoms. The highest BCUT2D eigenvalue weighted by molar-refractivity contribution is 5.81.